The molecular formula is C25H19ClN4O3. The molecule has 33 heavy (non-hydrogen) atoms. The Morgan fingerprint density at radius 3 is 2.55 bits per heavy atom. The zero-order chi connectivity index (χ0) is 22.9. The van der Waals surface area contributed by atoms with Crippen molar-refractivity contribution in [3.63, 3.8) is 0 Å². The van der Waals surface area contributed by atoms with E-state index < -0.39 is 0 Å². The van der Waals surface area contributed by atoms with Gasteiger partial charge >= 0.3 is 0 Å². The lowest BCUT2D eigenvalue weighted by atomic mass is 9.99. The van der Waals surface area contributed by atoms with Crippen LogP contribution in [0.15, 0.2) is 74.8 Å². The third kappa shape index (κ3) is 4.19. The zero-order valence-corrected chi connectivity index (χ0v) is 18.4. The van der Waals surface area contributed by atoms with E-state index in [4.69, 9.17) is 11.6 Å². The molecule has 0 saturated carbocycles. The second kappa shape index (κ2) is 8.67. The van der Waals surface area contributed by atoms with Crippen LogP contribution in [0.4, 0.5) is 0 Å². The molecule has 0 bridgehead atoms. The number of pyridine rings is 1. The van der Waals surface area contributed by atoms with Crippen LogP contribution in [0.25, 0.3) is 11.1 Å². The summed E-state index contributed by atoms with van der Waals surface area (Å²) < 4.78 is 1.45. The molecule has 1 aliphatic heterocycles. The van der Waals surface area contributed by atoms with Gasteiger partial charge in [0.15, 0.2) is 11.6 Å². The predicted octanol–water partition coefficient (Wildman–Crippen LogP) is 4.28. The highest BCUT2D eigenvalue weighted by Crippen LogP contribution is 2.32. The van der Waals surface area contributed by atoms with Gasteiger partial charge in [-0.1, -0.05) is 48.0 Å². The Hall–Kier alpha value is -3.71. The number of Topliss-reactive ketones (excluding diaryl/α,β-unsaturated/α-hetero) is 2. The molecule has 0 fully saturated rings. The van der Waals surface area contributed by atoms with Gasteiger partial charge in [-0.3, -0.25) is 14.4 Å². The standard InChI is InChI=1S/C25H19ClN4O3/c26-18-3-1-2-17(11-18)20-12-24(33)30(22-8-9-23(32)25(20)22)14-19(31)10-15-4-6-16(7-5-15)21-13-27-29-28-21/h1-7,11-12H,8-10,13-14H2. The molecule has 8 heteroatoms. The highest BCUT2D eigenvalue weighted by atomic mass is 35.5. The lowest BCUT2D eigenvalue weighted by molar-refractivity contribution is -0.119. The van der Waals surface area contributed by atoms with Gasteiger partial charge in [-0.15, -0.1) is 5.10 Å². The average Bonchev–Trinajstić information content (AvgIpc) is 3.47. The van der Waals surface area contributed by atoms with Crippen molar-refractivity contribution in [1.29, 1.82) is 0 Å². The minimum absolute atomic E-state index is 0.0231. The summed E-state index contributed by atoms with van der Waals surface area (Å²) in [4.78, 5) is 38.5. The normalized spacial score (nSPS) is 14.5. The van der Waals surface area contributed by atoms with Gasteiger partial charge in [0.25, 0.3) is 5.56 Å². The molecule has 0 atom stereocenters. The summed E-state index contributed by atoms with van der Waals surface area (Å²) in [6.45, 7) is 0.382. The Labute approximate surface area is 194 Å². The van der Waals surface area contributed by atoms with E-state index in [1.165, 1.54) is 10.6 Å². The maximum absolute atomic E-state index is 13.0. The highest BCUT2D eigenvalue weighted by Gasteiger charge is 2.28. The van der Waals surface area contributed by atoms with E-state index in [9.17, 15) is 14.4 Å². The van der Waals surface area contributed by atoms with Crippen molar-refractivity contribution in [2.24, 2.45) is 15.4 Å². The number of rotatable bonds is 6. The van der Waals surface area contributed by atoms with Crippen molar-refractivity contribution in [3.05, 3.63) is 92.4 Å². The van der Waals surface area contributed by atoms with Gasteiger partial charge in [-0.2, -0.15) is 5.11 Å². The van der Waals surface area contributed by atoms with Crippen molar-refractivity contribution in [2.45, 2.75) is 25.8 Å². The first-order valence-corrected chi connectivity index (χ1v) is 11.0. The van der Waals surface area contributed by atoms with Gasteiger partial charge in [-0.05, 0) is 46.0 Å². The van der Waals surface area contributed by atoms with Gasteiger partial charge in [0.2, 0.25) is 0 Å². The smallest absolute Gasteiger partial charge is 0.251 e. The van der Waals surface area contributed by atoms with E-state index in [-0.39, 0.29) is 30.1 Å². The van der Waals surface area contributed by atoms with E-state index in [1.807, 2.05) is 30.3 Å². The van der Waals surface area contributed by atoms with E-state index in [0.717, 1.165) is 22.4 Å². The first-order valence-electron chi connectivity index (χ1n) is 10.6. The maximum atomic E-state index is 13.0. The molecule has 7 nitrogen and oxygen atoms in total. The van der Waals surface area contributed by atoms with Crippen LogP contribution < -0.4 is 5.56 Å². The number of fused-ring (bicyclic) bond motifs is 1. The molecule has 1 aliphatic carbocycles. The van der Waals surface area contributed by atoms with Crippen molar-refractivity contribution in [3.8, 4) is 11.1 Å². The number of ketones is 2. The Balaban J connectivity index is 1.40. The Morgan fingerprint density at radius 2 is 1.82 bits per heavy atom. The Bertz CT molecular complexity index is 1400. The van der Waals surface area contributed by atoms with E-state index in [0.29, 0.717) is 41.2 Å². The fraction of sp³-hybridized carbons (Fsp3) is 0.200. The fourth-order valence-electron chi connectivity index (χ4n) is 4.32. The zero-order valence-electron chi connectivity index (χ0n) is 17.6. The molecule has 5 rings (SSSR count). The Kier molecular flexibility index (Phi) is 5.56. The summed E-state index contributed by atoms with van der Waals surface area (Å²) in [5.41, 5.74) is 4.69. The molecule has 2 heterocycles. The summed E-state index contributed by atoms with van der Waals surface area (Å²) in [6, 6.07) is 16.0. The van der Waals surface area contributed by atoms with Crippen molar-refractivity contribution < 1.29 is 9.59 Å². The molecule has 0 unspecified atom stereocenters. The monoisotopic (exact) mass is 458 g/mol. The van der Waals surface area contributed by atoms with Crippen LogP contribution in [0.5, 0.6) is 0 Å². The SMILES string of the molecule is O=C(Cc1ccc(C2=NN=NC2)cc1)Cn1c2c(c(-c3cccc(Cl)c3)cc1=O)C(=O)CC2. The predicted molar refractivity (Wildman–Crippen MR) is 125 cm³/mol. The number of carbonyl (C=O) groups excluding carboxylic acids is 2. The summed E-state index contributed by atoms with van der Waals surface area (Å²) in [6.07, 6.45) is 0.954. The van der Waals surface area contributed by atoms with Crippen LogP contribution in [0.2, 0.25) is 5.02 Å². The molecule has 0 radical (unpaired) electrons. The molecule has 0 saturated heterocycles. The van der Waals surface area contributed by atoms with Crippen molar-refractivity contribution in [2.75, 3.05) is 6.54 Å². The number of nitrogens with zero attached hydrogens (tertiary/aromatic N) is 4. The van der Waals surface area contributed by atoms with Crippen LogP contribution in [-0.2, 0) is 24.2 Å². The second-order valence-corrected chi connectivity index (χ2v) is 8.52. The van der Waals surface area contributed by atoms with E-state index in [1.54, 1.807) is 18.2 Å². The third-order valence-electron chi connectivity index (χ3n) is 5.89. The molecule has 0 amide bonds. The van der Waals surface area contributed by atoms with Crippen LogP contribution in [-0.4, -0.2) is 28.4 Å². The average molecular weight is 459 g/mol. The molecule has 0 spiro atoms. The third-order valence-corrected chi connectivity index (χ3v) is 6.13. The lowest BCUT2D eigenvalue weighted by Gasteiger charge is -2.15. The Morgan fingerprint density at radius 1 is 1.00 bits per heavy atom. The molecule has 2 aromatic carbocycles. The van der Waals surface area contributed by atoms with Gasteiger partial charge < -0.3 is 4.57 Å². The van der Waals surface area contributed by atoms with Gasteiger partial charge in [0.1, 0.15) is 6.54 Å². The quantitative estimate of drug-likeness (QED) is 0.551. The molecule has 3 aromatic rings. The van der Waals surface area contributed by atoms with Gasteiger partial charge in [0, 0.05) is 35.2 Å². The number of carbonyl (C=O) groups is 2. The van der Waals surface area contributed by atoms with Crippen LogP contribution >= 0.6 is 11.6 Å². The van der Waals surface area contributed by atoms with Crippen LogP contribution in [0.1, 0.15) is 33.6 Å². The van der Waals surface area contributed by atoms with Crippen LogP contribution in [0, 0.1) is 0 Å². The minimum Gasteiger partial charge on any atom is -0.304 e. The number of hydrogen-bond acceptors (Lipinski definition) is 6. The number of benzene rings is 2. The summed E-state index contributed by atoms with van der Waals surface area (Å²) in [5, 5.41) is 12.0. The molecular weight excluding hydrogens is 440 g/mol. The van der Waals surface area contributed by atoms with E-state index >= 15 is 0 Å². The summed E-state index contributed by atoms with van der Waals surface area (Å²) >= 11 is 6.12. The molecule has 2 aliphatic rings. The maximum Gasteiger partial charge on any atom is 0.251 e. The first kappa shape index (κ1) is 21.2. The summed E-state index contributed by atoms with van der Waals surface area (Å²) in [5.74, 6) is -0.129. The number of hydrogen-bond donors (Lipinski definition) is 0. The minimum atomic E-state index is -0.297. The molecule has 164 valence electrons. The molecule has 1 aromatic heterocycles. The largest absolute Gasteiger partial charge is 0.304 e. The fourth-order valence-corrected chi connectivity index (χ4v) is 4.51. The lowest BCUT2D eigenvalue weighted by Crippen LogP contribution is -2.28. The molecule has 0 N–H and O–H groups in total. The van der Waals surface area contributed by atoms with Crippen molar-refractivity contribution >= 4 is 28.9 Å². The highest BCUT2D eigenvalue weighted by molar-refractivity contribution is 6.30. The topological polar surface area (TPSA) is 93.2 Å². The van der Waals surface area contributed by atoms with Gasteiger partial charge in [0.05, 0.1) is 12.3 Å². The van der Waals surface area contributed by atoms with E-state index in [2.05, 4.69) is 15.4 Å². The van der Waals surface area contributed by atoms with Crippen LogP contribution in [0.3, 0.4) is 0 Å². The second-order valence-electron chi connectivity index (χ2n) is 8.09. The number of aromatic nitrogens is 1. The van der Waals surface area contributed by atoms with Crippen molar-refractivity contribution in [1.82, 2.24) is 4.57 Å². The van der Waals surface area contributed by atoms with Gasteiger partial charge in [-0.25, -0.2) is 0 Å². The number of halogens is 1. The summed E-state index contributed by atoms with van der Waals surface area (Å²) in [7, 11) is 0. The first-order chi connectivity index (χ1) is 16.0.